The molecule has 0 radical (unpaired) electrons. The molecule has 0 atom stereocenters. The first-order valence-electron chi connectivity index (χ1n) is 6.78. The lowest BCUT2D eigenvalue weighted by molar-refractivity contribution is 0.119. The molecule has 2 N–H and O–H groups in total. The predicted molar refractivity (Wildman–Crippen MR) is 72.5 cm³/mol. The standard InChI is InChI=1S/C13H25N3O2/c1-3-16(4-2)8-7-14-13(17)15-11-12-5-9-18-10-6-12/h11H,3-10H2,1-2H3,(H2,14,15,17). The van der Waals surface area contributed by atoms with E-state index >= 15 is 0 Å². The van der Waals surface area contributed by atoms with Gasteiger partial charge in [-0.25, -0.2) is 4.79 Å². The first-order valence-corrected chi connectivity index (χ1v) is 6.78. The number of nitrogens with one attached hydrogen (secondary N) is 2. The van der Waals surface area contributed by atoms with Crippen molar-refractivity contribution in [2.75, 3.05) is 39.4 Å². The average Bonchev–Trinajstić information content (AvgIpc) is 2.42. The lowest BCUT2D eigenvalue weighted by Crippen LogP contribution is -2.38. The molecule has 1 aliphatic heterocycles. The topological polar surface area (TPSA) is 53.6 Å². The van der Waals surface area contributed by atoms with Gasteiger partial charge in [-0.15, -0.1) is 0 Å². The fraction of sp³-hybridized carbons (Fsp3) is 0.769. The van der Waals surface area contributed by atoms with Gasteiger partial charge in [0.05, 0.1) is 13.2 Å². The number of ether oxygens (including phenoxy) is 1. The molecular formula is C13H25N3O2. The van der Waals surface area contributed by atoms with Crippen LogP contribution in [0.1, 0.15) is 26.7 Å². The molecule has 18 heavy (non-hydrogen) atoms. The van der Waals surface area contributed by atoms with E-state index in [9.17, 15) is 4.79 Å². The molecule has 0 saturated carbocycles. The number of hydrogen-bond acceptors (Lipinski definition) is 3. The van der Waals surface area contributed by atoms with Crippen molar-refractivity contribution in [1.82, 2.24) is 15.5 Å². The Morgan fingerprint density at radius 3 is 2.61 bits per heavy atom. The van der Waals surface area contributed by atoms with Crippen LogP contribution in [0.15, 0.2) is 11.8 Å². The van der Waals surface area contributed by atoms with Crippen molar-refractivity contribution in [3.63, 3.8) is 0 Å². The van der Waals surface area contributed by atoms with E-state index in [1.54, 1.807) is 0 Å². The zero-order valence-corrected chi connectivity index (χ0v) is 11.5. The largest absolute Gasteiger partial charge is 0.381 e. The Morgan fingerprint density at radius 2 is 2.00 bits per heavy atom. The van der Waals surface area contributed by atoms with Crippen LogP contribution in [0.3, 0.4) is 0 Å². The summed E-state index contributed by atoms with van der Waals surface area (Å²) < 4.78 is 5.25. The lowest BCUT2D eigenvalue weighted by Gasteiger charge is -2.18. The highest BCUT2D eigenvalue weighted by molar-refractivity contribution is 5.74. The lowest BCUT2D eigenvalue weighted by atomic mass is 10.1. The third-order valence-electron chi connectivity index (χ3n) is 3.15. The minimum atomic E-state index is -0.124. The van der Waals surface area contributed by atoms with Crippen molar-refractivity contribution < 1.29 is 9.53 Å². The van der Waals surface area contributed by atoms with Gasteiger partial charge in [0.2, 0.25) is 0 Å². The number of amides is 2. The van der Waals surface area contributed by atoms with E-state index in [2.05, 4.69) is 29.4 Å². The van der Waals surface area contributed by atoms with Crippen molar-refractivity contribution in [1.29, 1.82) is 0 Å². The van der Waals surface area contributed by atoms with Crippen molar-refractivity contribution in [3.05, 3.63) is 11.8 Å². The first-order chi connectivity index (χ1) is 8.76. The Labute approximate surface area is 110 Å². The van der Waals surface area contributed by atoms with E-state index in [1.165, 1.54) is 5.57 Å². The molecule has 1 aliphatic rings. The third kappa shape index (κ3) is 6.02. The van der Waals surface area contributed by atoms with Crippen LogP contribution in [-0.2, 0) is 4.74 Å². The summed E-state index contributed by atoms with van der Waals surface area (Å²) in [5.41, 5.74) is 1.25. The number of rotatable bonds is 6. The van der Waals surface area contributed by atoms with Crippen molar-refractivity contribution in [2.24, 2.45) is 0 Å². The van der Waals surface area contributed by atoms with E-state index < -0.39 is 0 Å². The van der Waals surface area contributed by atoms with E-state index in [0.717, 1.165) is 45.7 Å². The highest BCUT2D eigenvalue weighted by Gasteiger charge is 2.06. The maximum Gasteiger partial charge on any atom is 0.318 e. The Bertz CT molecular complexity index is 267. The summed E-state index contributed by atoms with van der Waals surface area (Å²) >= 11 is 0. The minimum Gasteiger partial charge on any atom is -0.381 e. The fourth-order valence-corrected chi connectivity index (χ4v) is 1.86. The second-order valence-electron chi connectivity index (χ2n) is 4.34. The summed E-state index contributed by atoms with van der Waals surface area (Å²) in [4.78, 5) is 13.8. The van der Waals surface area contributed by atoms with Gasteiger partial charge in [-0.3, -0.25) is 0 Å². The van der Waals surface area contributed by atoms with Gasteiger partial charge < -0.3 is 20.3 Å². The second-order valence-corrected chi connectivity index (χ2v) is 4.34. The van der Waals surface area contributed by atoms with Crippen LogP contribution in [0.2, 0.25) is 0 Å². The van der Waals surface area contributed by atoms with Gasteiger partial charge in [0.1, 0.15) is 0 Å². The van der Waals surface area contributed by atoms with Crippen LogP contribution in [0, 0.1) is 0 Å². The summed E-state index contributed by atoms with van der Waals surface area (Å²) in [5.74, 6) is 0. The van der Waals surface area contributed by atoms with Gasteiger partial charge in [0, 0.05) is 19.3 Å². The molecule has 0 bridgehead atoms. The number of hydrogen-bond donors (Lipinski definition) is 2. The minimum absolute atomic E-state index is 0.124. The molecule has 1 fully saturated rings. The Morgan fingerprint density at radius 1 is 1.33 bits per heavy atom. The zero-order chi connectivity index (χ0) is 13.2. The summed E-state index contributed by atoms with van der Waals surface area (Å²) in [7, 11) is 0. The normalized spacial score (nSPS) is 15.6. The predicted octanol–water partition coefficient (Wildman–Crippen LogP) is 1.32. The van der Waals surface area contributed by atoms with E-state index in [-0.39, 0.29) is 6.03 Å². The summed E-state index contributed by atoms with van der Waals surface area (Å²) in [6.45, 7) is 9.38. The molecule has 2 amide bonds. The van der Waals surface area contributed by atoms with Crippen LogP contribution in [0.5, 0.6) is 0 Å². The number of carbonyl (C=O) groups is 1. The third-order valence-corrected chi connectivity index (χ3v) is 3.15. The van der Waals surface area contributed by atoms with Crippen molar-refractivity contribution in [3.8, 4) is 0 Å². The molecule has 0 aromatic carbocycles. The molecule has 0 aromatic heterocycles. The maximum absolute atomic E-state index is 11.5. The summed E-state index contributed by atoms with van der Waals surface area (Å²) in [6, 6.07) is -0.124. The molecule has 0 unspecified atom stereocenters. The number of carbonyl (C=O) groups excluding carboxylic acids is 1. The van der Waals surface area contributed by atoms with Crippen LogP contribution in [0.4, 0.5) is 4.79 Å². The molecule has 1 heterocycles. The van der Waals surface area contributed by atoms with E-state index in [1.807, 2.05) is 6.20 Å². The van der Waals surface area contributed by atoms with Crippen LogP contribution < -0.4 is 10.6 Å². The van der Waals surface area contributed by atoms with Gasteiger partial charge >= 0.3 is 6.03 Å². The smallest absolute Gasteiger partial charge is 0.318 e. The Hall–Kier alpha value is -1.07. The maximum atomic E-state index is 11.5. The molecule has 104 valence electrons. The van der Waals surface area contributed by atoms with Crippen LogP contribution >= 0.6 is 0 Å². The quantitative estimate of drug-likeness (QED) is 0.752. The zero-order valence-electron chi connectivity index (χ0n) is 11.5. The first kappa shape index (κ1) is 15.0. The number of nitrogens with zero attached hydrogens (tertiary/aromatic N) is 1. The van der Waals surface area contributed by atoms with Gasteiger partial charge in [-0.1, -0.05) is 13.8 Å². The monoisotopic (exact) mass is 255 g/mol. The Kier molecular flexibility index (Phi) is 7.44. The molecule has 5 nitrogen and oxygen atoms in total. The molecule has 5 heteroatoms. The fourth-order valence-electron chi connectivity index (χ4n) is 1.86. The summed E-state index contributed by atoms with van der Waals surface area (Å²) in [5, 5.41) is 5.63. The number of likely N-dealkylation sites (N-methyl/N-ethyl adjacent to an activating group) is 1. The van der Waals surface area contributed by atoms with Gasteiger partial charge in [0.15, 0.2) is 0 Å². The van der Waals surface area contributed by atoms with Gasteiger partial charge in [0.25, 0.3) is 0 Å². The SMILES string of the molecule is CCN(CC)CCNC(=O)NC=C1CCOCC1. The van der Waals surface area contributed by atoms with E-state index in [0.29, 0.717) is 6.54 Å². The molecule has 1 rings (SSSR count). The van der Waals surface area contributed by atoms with Crippen LogP contribution in [-0.4, -0.2) is 50.3 Å². The molecule has 0 aromatic rings. The molecule has 1 saturated heterocycles. The molecule has 0 spiro atoms. The number of urea groups is 1. The molecular weight excluding hydrogens is 230 g/mol. The second kappa shape index (κ2) is 8.94. The summed E-state index contributed by atoms with van der Waals surface area (Å²) in [6.07, 6.45) is 3.65. The van der Waals surface area contributed by atoms with Gasteiger partial charge in [-0.2, -0.15) is 0 Å². The van der Waals surface area contributed by atoms with Crippen molar-refractivity contribution >= 4 is 6.03 Å². The van der Waals surface area contributed by atoms with E-state index in [4.69, 9.17) is 4.74 Å². The van der Waals surface area contributed by atoms with Crippen molar-refractivity contribution in [2.45, 2.75) is 26.7 Å². The molecule has 0 aliphatic carbocycles. The van der Waals surface area contributed by atoms with Gasteiger partial charge in [-0.05, 0) is 31.5 Å². The Balaban J connectivity index is 2.13. The van der Waals surface area contributed by atoms with Crippen LogP contribution in [0.25, 0.3) is 0 Å². The highest BCUT2D eigenvalue weighted by Crippen LogP contribution is 2.11. The average molecular weight is 255 g/mol. The highest BCUT2D eigenvalue weighted by atomic mass is 16.5.